The van der Waals surface area contributed by atoms with Crippen molar-refractivity contribution < 1.29 is 9.18 Å². The number of piperazine rings is 1. The fourth-order valence-electron chi connectivity index (χ4n) is 3.26. The van der Waals surface area contributed by atoms with E-state index in [9.17, 15) is 9.18 Å². The maximum Gasteiger partial charge on any atom is 0.220 e. The number of carbonyl (C=O) groups is 1. The Hall–Kier alpha value is -2.40. The molecule has 26 heavy (non-hydrogen) atoms. The topological polar surface area (TPSA) is 35.6 Å². The van der Waals surface area contributed by atoms with Gasteiger partial charge in [-0.25, -0.2) is 4.39 Å². The molecule has 0 spiro atoms. The highest BCUT2D eigenvalue weighted by Gasteiger charge is 2.16. The monoisotopic (exact) mass is 355 g/mol. The van der Waals surface area contributed by atoms with Crippen LogP contribution in [-0.4, -0.2) is 50.1 Å². The fraction of sp³-hybridized carbons (Fsp3) is 0.381. The zero-order valence-electron chi connectivity index (χ0n) is 15.0. The summed E-state index contributed by atoms with van der Waals surface area (Å²) in [7, 11) is 0. The Morgan fingerprint density at radius 2 is 1.65 bits per heavy atom. The predicted octanol–water partition coefficient (Wildman–Crippen LogP) is 2.70. The first-order valence-electron chi connectivity index (χ1n) is 9.25. The van der Waals surface area contributed by atoms with Crippen LogP contribution in [0.3, 0.4) is 0 Å². The number of amides is 1. The first-order valence-corrected chi connectivity index (χ1v) is 9.25. The molecule has 1 N–H and O–H groups in total. The van der Waals surface area contributed by atoms with Crippen LogP contribution in [0.5, 0.6) is 0 Å². The second-order valence-electron chi connectivity index (χ2n) is 6.61. The molecule has 1 aliphatic heterocycles. The van der Waals surface area contributed by atoms with Crippen LogP contribution in [0.25, 0.3) is 0 Å². The summed E-state index contributed by atoms with van der Waals surface area (Å²) in [5.41, 5.74) is 1.87. The van der Waals surface area contributed by atoms with Crippen molar-refractivity contribution in [2.24, 2.45) is 0 Å². The smallest absolute Gasteiger partial charge is 0.220 e. The Labute approximate surface area is 154 Å². The molecule has 1 saturated heterocycles. The van der Waals surface area contributed by atoms with E-state index in [0.717, 1.165) is 32.7 Å². The maximum absolute atomic E-state index is 13.5. The summed E-state index contributed by atoms with van der Waals surface area (Å²) in [6.07, 6.45) is 0.761. The molecule has 2 aromatic carbocycles. The van der Waals surface area contributed by atoms with E-state index in [2.05, 4.69) is 39.4 Å². The molecular formula is C21H26FN3O. The van der Waals surface area contributed by atoms with Crippen LogP contribution in [0.1, 0.15) is 12.0 Å². The quantitative estimate of drug-likeness (QED) is 0.829. The molecule has 5 heteroatoms. The van der Waals surface area contributed by atoms with Gasteiger partial charge in [-0.2, -0.15) is 0 Å². The van der Waals surface area contributed by atoms with Crippen LogP contribution in [-0.2, 0) is 11.2 Å². The molecule has 1 amide bonds. The van der Waals surface area contributed by atoms with Crippen LogP contribution >= 0.6 is 0 Å². The predicted molar refractivity (Wildman–Crippen MR) is 103 cm³/mol. The number of hydrogen-bond acceptors (Lipinski definition) is 3. The lowest BCUT2D eigenvalue weighted by Gasteiger charge is -2.36. The molecule has 1 aliphatic rings. The van der Waals surface area contributed by atoms with Gasteiger partial charge in [0.1, 0.15) is 5.82 Å². The Morgan fingerprint density at radius 1 is 0.962 bits per heavy atom. The number of benzene rings is 2. The summed E-state index contributed by atoms with van der Waals surface area (Å²) in [4.78, 5) is 16.7. The van der Waals surface area contributed by atoms with E-state index < -0.39 is 0 Å². The van der Waals surface area contributed by atoms with Crippen molar-refractivity contribution in [3.63, 3.8) is 0 Å². The molecule has 1 fully saturated rings. The van der Waals surface area contributed by atoms with Gasteiger partial charge in [0.25, 0.3) is 0 Å². The number of aryl methyl sites for hydroxylation is 1. The fourth-order valence-corrected chi connectivity index (χ4v) is 3.26. The molecule has 138 valence electrons. The molecule has 3 rings (SSSR count). The van der Waals surface area contributed by atoms with Crippen molar-refractivity contribution in [3.05, 3.63) is 66.0 Å². The molecule has 2 aromatic rings. The molecule has 0 saturated carbocycles. The van der Waals surface area contributed by atoms with Gasteiger partial charge in [0.15, 0.2) is 0 Å². The number of carbonyl (C=O) groups excluding carboxylic acids is 1. The van der Waals surface area contributed by atoms with Crippen LogP contribution in [0, 0.1) is 5.82 Å². The van der Waals surface area contributed by atoms with Crippen LogP contribution < -0.4 is 10.2 Å². The van der Waals surface area contributed by atoms with Gasteiger partial charge in [0.2, 0.25) is 5.91 Å². The van der Waals surface area contributed by atoms with Crippen molar-refractivity contribution >= 4 is 11.6 Å². The molecule has 0 aliphatic carbocycles. The second kappa shape index (κ2) is 9.34. The van der Waals surface area contributed by atoms with E-state index >= 15 is 0 Å². The van der Waals surface area contributed by atoms with Gasteiger partial charge in [-0.3, -0.25) is 9.69 Å². The minimum atomic E-state index is -0.239. The summed E-state index contributed by atoms with van der Waals surface area (Å²) < 4.78 is 13.5. The van der Waals surface area contributed by atoms with Gasteiger partial charge in [-0.15, -0.1) is 0 Å². The molecular weight excluding hydrogens is 329 g/mol. The third-order valence-corrected chi connectivity index (χ3v) is 4.82. The minimum Gasteiger partial charge on any atom is -0.369 e. The lowest BCUT2D eigenvalue weighted by molar-refractivity contribution is -0.121. The van der Waals surface area contributed by atoms with Crippen molar-refractivity contribution in [2.75, 3.05) is 44.2 Å². The molecule has 0 atom stereocenters. The van der Waals surface area contributed by atoms with E-state index in [4.69, 9.17) is 0 Å². The highest BCUT2D eigenvalue weighted by Crippen LogP contribution is 2.15. The van der Waals surface area contributed by atoms with Gasteiger partial charge in [-0.1, -0.05) is 36.4 Å². The first kappa shape index (κ1) is 18.4. The molecule has 0 aromatic heterocycles. The van der Waals surface area contributed by atoms with E-state index in [1.54, 1.807) is 18.2 Å². The SMILES string of the molecule is O=C(CCc1ccccc1F)NCCN1CCN(c2ccccc2)CC1. The van der Waals surface area contributed by atoms with Crippen molar-refractivity contribution in [2.45, 2.75) is 12.8 Å². The van der Waals surface area contributed by atoms with Crippen molar-refractivity contribution in [1.29, 1.82) is 0 Å². The molecule has 0 bridgehead atoms. The number of halogens is 1. The van der Waals surface area contributed by atoms with E-state index in [1.165, 1.54) is 11.8 Å². The Bertz CT molecular complexity index is 699. The van der Waals surface area contributed by atoms with Gasteiger partial charge in [0.05, 0.1) is 0 Å². The third kappa shape index (κ3) is 5.30. The molecule has 1 heterocycles. The maximum atomic E-state index is 13.5. The Kier molecular flexibility index (Phi) is 6.61. The van der Waals surface area contributed by atoms with E-state index in [0.29, 0.717) is 24.9 Å². The number of anilines is 1. The number of nitrogens with zero attached hydrogens (tertiary/aromatic N) is 2. The van der Waals surface area contributed by atoms with Gasteiger partial charge in [-0.05, 0) is 30.2 Å². The highest BCUT2D eigenvalue weighted by molar-refractivity contribution is 5.76. The first-order chi connectivity index (χ1) is 12.7. The van der Waals surface area contributed by atoms with E-state index in [-0.39, 0.29) is 11.7 Å². The highest BCUT2D eigenvalue weighted by atomic mass is 19.1. The normalized spacial score (nSPS) is 15.0. The zero-order chi connectivity index (χ0) is 18.2. The lowest BCUT2D eigenvalue weighted by atomic mass is 10.1. The number of para-hydroxylation sites is 1. The van der Waals surface area contributed by atoms with Gasteiger partial charge in [0, 0.05) is 51.4 Å². The molecule has 0 unspecified atom stereocenters. The Balaban J connectivity index is 1.32. The summed E-state index contributed by atoms with van der Waals surface area (Å²) in [6, 6.07) is 17.1. The lowest BCUT2D eigenvalue weighted by Crippen LogP contribution is -2.48. The van der Waals surface area contributed by atoms with Gasteiger partial charge < -0.3 is 10.2 Å². The summed E-state index contributed by atoms with van der Waals surface area (Å²) in [5.74, 6) is -0.257. The number of rotatable bonds is 7. The van der Waals surface area contributed by atoms with Crippen LogP contribution in [0.2, 0.25) is 0 Å². The third-order valence-electron chi connectivity index (χ3n) is 4.82. The van der Waals surface area contributed by atoms with Crippen molar-refractivity contribution in [3.8, 4) is 0 Å². The molecule has 4 nitrogen and oxygen atoms in total. The summed E-state index contributed by atoms with van der Waals surface area (Å²) in [5, 5.41) is 2.95. The summed E-state index contributed by atoms with van der Waals surface area (Å²) in [6.45, 7) is 5.51. The van der Waals surface area contributed by atoms with E-state index in [1.807, 2.05) is 6.07 Å². The number of hydrogen-bond donors (Lipinski definition) is 1. The average Bonchev–Trinajstić information content (AvgIpc) is 2.69. The zero-order valence-corrected chi connectivity index (χ0v) is 15.0. The largest absolute Gasteiger partial charge is 0.369 e. The van der Waals surface area contributed by atoms with Crippen LogP contribution in [0.4, 0.5) is 10.1 Å². The van der Waals surface area contributed by atoms with Crippen LogP contribution in [0.15, 0.2) is 54.6 Å². The minimum absolute atomic E-state index is 0.0174. The standard InChI is InChI=1S/C21H26FN3O/c22-20-9-5-4-6-18(20)10-11-21(26)23-12-13-24-14-16-25(17-15-24)19-7-2-1-3-8-19/h1-9H,10-17H2,(H,23,26). The number of nitrogens with one attached hydrogen (secondary N) is 1. The van der Waals surface area contributed by atoms with Crippen molar-refractivity contribution in [1.82, 2.24) is 10.2 Å². The Morgan fingerprint density at radius 3 is 2.38 bits per heavy atom. The average molecular weight is 355 g/mol. The molecule has 0 radical (unpaired) electrons. The summed E-state index contributed by atoms with van der Waals surface area (Å²) >= 11 is 0. The second-order valence-corrected chi connectivity index (χ2v) is 6.61. The van der Waals surface area contributed by atoms with Gasteiger partial charge >= 0.3 is 0 Å².